The van der Waals surface area contributed by atoms with E-state index in [-0.39, 0.29) is 11.7 Å². The van der Waals surface area contributed by atoms with Crippen LogP contribution in [0.15, 0.2) is 4.99 Å². The molecular weight excluding hydrogens is 345 g/mol. The predicted octanol–water partition coefficient (Wildman–Crippen LogP) is 0.621. The zero-order valence-electron chi connectivity index (χ0n) is 13.4. The summed E-state index contributed by atoms with van der Waals surface area (Å²) in [5.74, 6) is -1.75. The lowest BCUT2D eigenvalue weighted by molar-refractivity contribution is -0.208. The molecule has 0 radical (unpaired) electrons. The number of fused-ring (bicyclic) bond motifs is 1. The van der Waals surface area contributed by atoms with Gasteiger partial charge in [0.1, 0.15) is 35.9 Å². The Hall–Kier alpha value is -1.68. The molecule has 10 heteroatoms. The van der Waals surface area contributed by atoms with Crippen LogP contribution < -0.4 is 0 Å². The van der Waals surface area contributed by atoms with E-state index in [1.165, 1.54) is 20.8 Å². The number of carbonyl (C=O) groups is 3. The van der Waals surface area contributed by atoms with Crippen LogP contribution in [0.2, 0.25) is 0 Å². The van der Waals surface area contributed by atoms with Gasteiger partial charge in [-0.3, -0.25) is 19.4 Å². The molecule has 5 atom stereocenters. The van der Waals surface area contributed by atoms with Crippen LogP contribution in [0, 0.1) is 0 Å². The van der Waals surface area contributed by atoms with Crippen LogP contribution in [0.5, 0.6) is 0 Å². The zero-order valence-corrected chi connectivity index (χ0v) is 14.2. The number of carbonyl (C=O) groups excluding carboxylic acids is 3. The fourth-order valence-corrected chi connectivity index (χ4v) is 3.58. The van der Waals surface area contributed by atoms with Crippen LogP contribution in [0.25, 0.3) is 0 Å². The van der Waals surface area contributed by atoms with E-state index in [0.29, 0.717) is 0 Å². The largest absolute Gasteiger partial charge is 0.463 e. The molecule has 2 rings (SSSR count). The maximum Gasteiger partial charge on any atom is 0.303 e. The highest BCUT2D eigenvalue weighted by Crippen LogP contribution is 2.39. The van der Waals surface area contributed by atoms with Gasteiger partial charge in [-0.1, -0.05) is 11.8 Å². The molecule has 2 heterocycles. The Labute approximate surface area is 142 Å². The second-order valence-corrected chi connectivity index (χ2v) is 6.43. The Morgan fingerprint density at radius 1 is 1.12 bits per heavy atom. The van der Waals surface area contributed by atoms with Crippen LogP contribution in [0.3, 0.4) is 0 Å². The van der Waals surface area contributed by atoms with Crippen molar-refractivity contribution in [2.24, 2.45) is 4.99 Å². The van der Waals surface area contributed by atoms with Crippen LogP contribution in [-0.2, 0) is 33.3 Å². The van der Waals surface area contributed by atoms with Gasteiger partial charge in [-0.2, -0.15) is 0 Å². The summed E-state index contributed by atoms with van der Waals surface area (Å²) in [6.07, 6.45) is -2.83. The number of hydrogen-bond donors (Lipinski definition) is 0. The van der Waals surface area contributed by atoms with Crippen molar-refractivity contribution in [3.05, 3.63) is 0 Å². The lowest BCUT2D eigenvalue weighted by Crippen LogP contribution is -2.59. The van der Waals surface area contributed by atoms with Crippen molar-refractivity contribution < 1.29 is 37.7 Å². The highest BCUT2D eigenvalue weighted by atomic mass is 32.2. The lowest BCUT2D eigenvalue weighted by Gasteiger charge is -2.41. The van der Waals surface area contributed by atoms with Gasteiger partial charge in [0.25, 0.3) is 0 Å². The van der Waals surface area contributed by atoms with E-state index in [9.17, 15) is 18.8 Å². The highest BCUT2D eigenvalue weighted by Gasteiger charge is 2.53. The van der Waals surface area contributed by atoms with Gasteiger partial charge in [-0.05, 0) is 0 Å². The molecule has 0 aliphatic carbocycles. The molecule has 0 N–H and O–H groups in total. The molecule has 1 fully saturated rings. The molecule has 2 unspecified atom stereocenters. The van der Waals surface area contributed by atoms with Crippen molar-refractivity contribution in [1.29, 1.82) is 0 Å². The van der Waals surface area contributed by atoms with Gasteiger partial charge in [0.05, 0.1) is 0 Å². The Morgan fingerprint density at radius 2 is 1.75 bits per heavy atom. The van der Waals surface area contributed by atoms with E-state index in [1.54, 1.807) is 0 Å². The first-order valence-electron chi connectivity index (χ1n) is 7.24. The molecule has 0 spiro atoms. The molecule has 0 bridgehead atoms. The highest BCUT2D eigenvalue weighted by molar-refractivity contribution is 8.14. The van der Waals surface area contributed by atoms with Crippen LogP contribution in [-0.4, -0.2) is 66.0 Å². The molecule has 0 aromatic rings. The van der Waals surface area contributed by atoms with Gasteiger partial charge < -0.3 is 18.9 Å². The summed E-state index contributed by atoms with van der Waals surface area (Å²) in [5.41, 5.74) is -0.618. The maximum atomic E-state index is 12.9. The average Bonchev–Trinajstić information content (AvgIpc) is 2.89. The Morgan fingerprint density at radius 3 is 2.29 bits per heavy atom. The van der Waals surface area contributed by atoms with Crippen molar-refractivity contribution in [2.45, 2.75) is 50.6 Å². The number of aliphatic imine (C=N–C) groups is 1. The molecule has 8 nitrogen and oxygen atoms in total. The summed E-state index contributed by atoms with van der Waals surface area (Å²) in [6, 6.07) is -0.706. The second-order valence-electron chi connectivity index (χ2n) is 5.26. The average molecular weight is 363 g/mol. The number of alkyl halides is 1. The van der Waals surface area contributed by atoms with Gasteiger partial charge in [0.2, 0.25) is 0 Å². The molecule has 1 saturated heterocycles. The van der Waals surface area contributed by atoms with Crippen molar-refractivity contribution in [3.8, 4) is 0 Å². The smallest absolute Gasteiger partial charge is 0.303 e. The van der Waals surface area contributed by atoms with Crippen molar-refractivity contribution in [2.75, 3.05) is 13.3 Å². The fraction of sp³-hybridized carbons (Fsp3) is 0.714. The standard InChI is InChI=1S/C14H18FNO7S/c1-6(17)20-5-9-12(21-7(2)18)13(22-8(3)19)11-14(23-9)24-10(4-15)16-11/h9,11-14H,4-5H2,1-3H3/t9-,11?,12-,13-,14?/m1/s1. The molecule has 0 saturated carbocycles. The maximum absolute atomic E-state index is 12.9. The molecule has 0 aromatic carbocycles. The SMILES string of the molecule is CC(=O)OC[C@H]1OC2SC(CF)=NC2[C@@H](OC(C)=O)[C@@H]1OC(C)=O. The zero-order chi connectivity index (χ0) is 17.9. The number of halogens is 1. The van der Waals surface area contributed by atoms with Gasteiger partial charge in [-0.25, -0.2) is 4.39 Å². The van der Waals surface area contributed by atoms with Gasteiger partial charge >= 0.3 is 17.9 Å². The first-order valence-corrected chi connectivity index (χ1v) is 8.12. The number of rotatable bonds is 5. The van der Waals surface area contributed by atoms with Crippen molar-refractivity contribution in [1.82, 2.24) is 0 Å². The van der Waals surface area contributed by atoms with Gasteiger partial charge in [0, 0.05) is 20.8 Å². The number of esters is 3. The Kier molecular flexibility index (Phi) is 6.16. The normalized spacial score (nSPS) is 31.7. The molecule has 134 valence electrons. The van der Waals surface area contributed by atoms with E-state index in [1.807, 2.05) is 0 Å². The van der Waals surface area contributed by atoms with E-state index < -0.39 is 54.4 Å². The first-order chi connectivity index (χ1) is 11.3. The minimum Gasteiger partial charge on any atom is -0.463 e. The quantitative estimate of drug-likeness (QED) is 0.518. The third-order valence-electron chi connectivity index (χ3n) is 3.33. The molecule has 2 aliphatic rings. The van der Waals surface area contributed by atoms with E-state index >= 15 is 0 Å². The number of ether oxygens (including phenoxy) is 4. The predicted molar refractivity (Wildman–Crippen MR) is 81.2 cm³/mol. The van der Waals surface area contributed by atoms with Gasteiger partial charge in [-0.15, -0.1) is 0 Å². The fourth-order valence-electron chi connectivity index (χ4n) is 2.52. The number of hydrogen-bond acceptors (Lipinski definition) is 9. The van der Waals surface area contributed by atoms with Crippen LogP contribution in [0.4, 0.5) is 4.39 Å². The summed E-state index contributed by atoms with van der Waals surface area (Å²) in [6.45, 7) is 2.66. The van der Waals surface area contributed by atoms with Crippen LogP contribution >= 0.6 is 11.8 Å². The van der Waals surface area contributed by atoms with Crippen molar-refractivity contribution in [3.63, 3.8) is 0 Å². The van der Waals surface area contributed by atoms with E-state index in [0.717, 1.165) is 11.8 Å². The molecule has 2 aliphatic heterocycles. The number of thioether (sulfide) groups is 1. The topological polar surface area (TPSA) is 100 Å². The molecule has 0 amide bonds. The summed E-state index contributed by atoms with van der Waals surface area (Å²) < 4.78 is 34.1. The molecular formula is C14H18FNO7S. The lowest BCUT2D eigenvalue weighted by atomic mass is 9.98. The van der Waals surface area contributed by atoms with E-state index in [4.69, 9.17) is 18.9 Å². The third kappa shape index (κ3) is 4.44. The Bertz CT molecular complexity index is 555. The number of nitrogens with zero attached hydrogens (tertiary/aromatic N) is 1. The molecule has 0 aromatic heterocycles. The van der Waals surface area contributed by atoms with Crippen molar-refractivity contribution >= 4 is 34.7 Å². The van der Waals surface area contributed by atoms with Gasteiger partial charge in [0.15, 0.2) is 12.2 Å². The third-order valence-corrected chi connectivity index (χ3v) is 4.44. The summed E-state index contributed by atoms with van der Waals surface area (Å²) >= 11 is 1.06. The Balaban J connectivity index is 2.27. The summed E-state index contributed by atoms with van der Waals surface area (Å²) in [5, 5.41) is 0.205. The van der Waals surface area contributed by atoms with E-state index in [2.05, 4.69) is 4.99 Å². The van der Waals surface area contributed by atoms with Crippen LogP contribution in [0.1, 0.15) is 20.8 Å². The summed E-state index contributed by atoms with van der Waals surface area (Å²) in [4.78, 5) is 38.1. The first kappa shape index (κ1) is 18.7. The minimum absolute atomic E-state index is 0.195. The second kappa shape index (κ2) is 7.93. The minimum atomic E-state index is -1.02. The monoisotopic (exact) mass is 363 g/mol. The summed E-state index contributed by atoms with van der Waals surface area (Å²) in [7, 11) is 0. The molecule has 24 heavy (non-hydrogen) atoms.